The van der Waals surface area contributed by atoms with Gasteiger partial charge < -0.3 is 46.7 Å². The molecule has 332 valence electrons. The fraction of sp³-hybridized carbons (Fsp3) is 0.452. The molecule has 0 aliphatic carbocycles. The van der Waals surface area contributed by atoms with Crippen LogP contribution in [0.5, 0.6) is 0 Å². The molecule has 0 saturated heterocycles. The van der Waals surface area contributed by atoms with E-state index >= 15 is 4.39 Å². The summed E-state index contributed by atoms with van der Waals surface area (Å²) in [7, 11) is 0. The van der Waals surface area contributed by atoms with Gasteiger partial charge in [-0.2, -0.15) is 0 Å². The van der Waals surface area contributed by atoms with Crippen LogP contribution in [-0.2, 0) is 40.1 Å². The average molecular weight is 874 g/mol. The predicted molar refractivity (Wildman–Crippen MR) is 221 cm³/mol. The molecule has 0 fully saturated rings. The molecule has 0 bridgehead atoms. The first-order chi connectivity index (χ1) is 28.6. The fourth-order valence-corrected chi connectivity index (χ4v) is 7.60. The number of rotatable bonds is 25. The molecule has 3 aromatic rings. The summed E-state index contributed by atoms with van der Waals surface area (Å²) in [6.07, 6.45) is -0.453. The van der Waals surface area contributed by atoms with Crippen molar-refractivity contribution in [2.45, 2.75) is 95.3 Å². The van der Waals surface area contributed by atoms with Gasteiger partial charge in [-0.1, -0.05) is 51.1 Å². The minimum Gasteiger partial charge on any atom is -0.480 e. The number of nitrogens with one attached hydrogen (secondary N) is 1. The number of hydrogen-bond acceptors (Lipinski definition) is 11. The van der Waals surface area contributed by atoms with Gasteiger partial charge in [-0.05, 0) is 48.1 Å². The number of carboxylic acids is 3. The summed E-state index contributed by atoms with van der Waals surface area (Å²) in [4.78, 5) is 87.6. The third-order valence-corrected chi connectivity index (χ3v) is 11.1. The minimum atomic E-state index is -1.56. The lowest BCUT2D eigenvalue weighted by molar-refractivity contribution is -0.142. The van der Waals surface area contributed by atoms with Crippen molar-refractivity contribution in [3.05, 3.63) is 83.7 Å². The molecule has 0 radical (unpaired) electrons. The zero-order valence-corrected chi connectivity index (χ0v) is 34.9. The first-order valence-corrected chi connectivity index (χ1v) is 20.4. The van der Waals surface area contributed by atoms with Crippen molar-refractivity contribution < 1.29 is 62.8 Å². The number of nitrogens with zero attached hydrogens (tertiary/aromatic N) is 2. The molecule has 0 saturated carbocycles. The van der Waals surface area contributed by atoms with E-state index in [9.17, 15) is 53.3 Å². The Morgan fingerprint density at radius 3 is 2.08 bits per heavy atom. The quantitative estimate of drug-likeness (QED) is 0.0644. The van der Waals surface area contributed by atoms with Gasteiger partial charge in [-0.15, -0.1) is 11.8 Å². The number of carbonyl (C=O) groups is 7. The molecule has 2 aromatic carbocycles. The van der Waals surface area contributed by atoms with Crippen LogP contribution >= 0.6 is 11.8 Å². The smallest absolute Gasteiger partial charge is 0.326 e. The van der Waals surface area contributed by atoms with E-state index in [1.807, 2.05) is 51.1 Å². The van der Waals surface area contributed by atoms with Gasteiger partial charge in [0, 0.05) is 67.5 Å². The van der Waals surface area contributed by atoms with Crippen molar-refractivity contribution in [3.8, 4) is 11.1 Å². The Hall–Kier alpha value is -5.50. The highest BCUT2D eigenvalue weighted by molar-refractivity contribution is 8.00. The number of thioether (sulfide) groups is 1. The topological polar surface area (TPSA) is 273 Å². The van der Waals surface area contributed by atoms with Gasteiger partial charge in [0.05, 0.1) is 12.1 Å². The second kappa shape index (κ2) is 22.9. The van der Waals surface area contributed by atoms with Gasteiger partial charge >= 0.3 is 17.9 Å². The van der Waals surface area contributed by atoms with E-state index < -0.39 is 101 Å². The Morgan fingerprint density at radius 2 is 1.49 bits per heavy atom. The predicted octanol–water partition coefficient (Wildman–Crippen LogP) is 3.36. The molecule has 1 heterocycles. The third kappa shape index (κ3) is 15.2. The molecule has 9 N–H and O–H groups in total. The van der Waals surface area contributed by atoms with Gasteiger partial charge in [-0.25, -0.2) is 13.6 Å². The lowest BCUT2D eigenvalue weighted by Crippen LogP contribution is -2.50. The van der Waals surface area contributed by atoms with Crippen LogP contribution < -0.4 is 16.8 Å². The fourth-order valence-electron chi connectivity index (χ4n) is 6.57. The van der Waals surface area contributed by atoms with Gasteiger partial charge in [-0.3, -0.25) is 28.8 Å². The van der Waals surface area contributed by atoms with Crippen LogP contribution in [0.1, 0.15) is 76.6 Å². The molecule has 0 aliphatic heterocycles. The zero-order valence-electron chi connectivity index (χ0n) is 34.1. The van der Waals surface area contributed by atoms with Crippen molar-refractivity contribution in [1.82, 2.24) is 14.8 Å². The lowest BCUT2D eigenvalue weighted by atomic mass is 9.82. The highest BCUT2D eigenvalue weighted by Gasteiger charge is 2.38. The standard InChI is InChI=1S/C42H53F2N5O11S/c1-42(2,3)37(34-17-25(29-18-26(43)9-13-30(29)44)21-48(34)20-24-7-5-4-6-8-24)49(36(53)22-50)16-15-31(45)38(54)47-33(40(57)58)14-12-27(51)10-11-28(52)19-35(41(59)60)61-23-32(46)39(55)56/h4-9,13,17-18,21,31-33,35,37,50H,10-12,14-16,19-20,22-23,45-46H2,1-3H3,(H,47,54)(H,55,56)(H,57,58)(H,59,60)/t31-,32-,33+,35?,37-/m0/s1. The minimum absolute atomic E-state index is 0.0108. The number of carbonyl (C=O) groups excluding carboxylic acids is 4. The number of halogens is 2. The summed E-state index contributed by atoms with van der Waals surface area (Å²) in [6, 6.07) is 8.88. The van der Waals surface area contributed by atoms with Crippen LogP contribution in [0.15, 0.2) is 60.8 Å². The Kier molecular flexibility index (Phi) is 18.7. The Bertz CT molecular complexity index is 2040. The molecule has 16 nitrogen and oxygen atoms in total. The number of Topliss-reactive ketones (excluding diaryl/α,β-unsaturated/α-hetero) is 2. The molecule has 61 heavy (non-hydrogen) atoms. The highest BCUT2D eigenvalue weighted by atomic mass is 32.2. The Balaban J connectivity index is 1.73. The maximum atomic E-state index is 15.1. The third-order valence-electron chi connectivity index (χ3n) is 9.74. The molecule has 1 aromatic heterocycles. The van der Waals surface area contributed by atoms with Gasteiger partial charge in [0.1, 0.15) is 47.1 Å². The average Bonchev–Trinajstić information content (AvgIpc) is 3.60. The second-order valence-electron chi connectivity index (χ2n) is 15.6. The molecule has 5 atom stereocenters. The molecule has 3 rings (SSSR count). The maximum absolute atomic E-state index is 15.1. The monoisotopic (exact) mass is 873 g/mol. The summed E-state index contributed by atoms with van der Waals surface area (Å²) in [5.74, 6) is -8.49. The number of hydrogen-bond donors (Lipinski definition) is 7. The van der Waals surface area contributed by atoms with Crippen LogP contribution in [0.2, 0.25) is 0 Å². The second-order valence-corrected chi connectivity index (χ2v) is 16.9. The van der Waals surface area contributed by atoms with E-state index in [-0.39, 0.29) is 56.5 Å². The van der Waals surface area contributed by atoms with Crippen molar-refractivity contribution in [1.29, 1.82) is 0 Å². The maximum Gasteiger partial charge on any atom is 0.326 e. The van der Waals surface area contributed by atoms with Crippen LogP contribution in [0.4, 0.5) is 8.78 Å². The number of aromatic nitrogens is 1. The van der Waals surface area contributed by atoms with Crippen LogP contribution in [0, 0.1) is 17.0 Å². The normalized spacial score (nSPS) is 14.0. The number of benzene rings is 2. The van der Waals surface area contributed by atoms with Crippen molar-refractivity contribution in [3.63, 3.8) is 0 Å². The van der Waals surface area contributed by atoms with Gasteiger partial charge in [0.2, 0.25) is 11.8 Å². The van der Waals surface area contributed by atoms with Crippen LogP contribution in [0.3, 0.4) is 0 Å². The van der Waals surface area contributed by atoms with E-state index in [1.54, 1.807) is 16.8 Å². The molecule has 19 heteroatoms. The van der Waals surface area contributed by atoms with Crippen molar-refractivity contribution in [2.75, 3.05) is 18.9 Å². The molecular formula is C42H53F2N5O11S. The number of aliphatic carboxylic acids is 3. The number of ketones is 2. The van der Waals surface area contributed by atoms with E-state index in [0.29, 0.717) is 23.0 Å². The summed E-state index contributed by atoms with van der Waals surface area (Å²) < 4.78 is 31.2. The van der Waals surface area contributed by atoms with E-state index in [4.69, 9.17) is 16.6 Å². The Labute approximate surface area is 355 Å². The zero-order chi connectivity index (χ0) is 45.6. The Morgan fingerprint density at radius 1 is 0.836 bits per heavy atom. The number of aliphatic hydroxyl groups excluding tert-OH is 1. The van der Waals surface area contributed by atoms with E-state index in [0.717, 1.165) is 23.8 Å². The largest absolute Gasteiger partial charge is 0.480 e. The highest BCUT2D eigenvalue weighted by Crippen LogP contribution is 2.41. The first kappa shape index (κ1) is 49.9. The summed E-state index contributed by atoms with van der Waals surface area (Å²) in [5, 5.41) is 39.2. The van der Waals surface area contributed by atoms with Crippen molar-refractivity contribution in [2.24, 2.45) is 16.9 Å². The number of nitrogens with two attached hydrogens (primary N) is 2. The van der Waals surface area contributed by atoms with E-state index in [1.165, 1.54) is 4.90 Å². The number of aliphatic hydroxyl groups is 1. The van der Waals surface area contributed by atoms with Crippen LogP contribution in [-0.4, -0.2) is 113 Å². The molecular weight excluding hydrogens is 821 g/mol. The first-order valence-electron chi connectivity index (χ1n) is 19.4. The van der Waals surface area contributed by atoms with Gasteiger partial charge in [0.15, 0.2) is 0 Å². The molecule has 0 spiro atoms. The molecule has 2 amide bonds. The number of amides is 2. The van der Waals surface area contributed by atoms with Gasteiger partial charge in [0.25, 0.3) is 0 Å². The summed E-state index contributed by atoms with van der Waals surface area (Å²) in [5.41, 5.74) is 12.5. The summed E-state index contributed by atoms with van der Waals surface area (Å²) >= 11 is 0.684. The van der Waals surface area contributed by atoms with Crippen LogP contribution in [0.25, 0.3) is 11.1 Å². The number of carboxylic acid groups (broad SMARTS) is 3. The van der Waals surface area contributed by atoms with E-state index in [2.05, 4.69) is 5.32 Å². The SMILES string of the molecule is CC(C)(C)[C@H](c1cc(-c2cc(F)ccc2F)cn1Cc1ccccc1)N(CC[C@H](N)C(=O)N[C@H](CCC(=O)CCC(=O)CC(SC[C@H](N)C(=O)O)C(=O)O)C(=O)O)C(=O)CO. The summed E-state index contributed by atoms with van der Waals surface area (Å²) in [6.45, 7) is 4.67. The van der Waals surface area contributed by atoms with Crippen molar-refractivity contribution >= 4 is 53.1 Å². The molecule has 0 aliphatic rings. The lowest BCUT2D eigenvalue weighted by Gasteiger charge is -2.41. The molecule has 1 unspecified atom stereocenters.